The van der Waals surface area contributed by atoms with Gasteiger partial charge < -0.3 is 10.6 Å². The maximum absolute atomic E-state index is 11.8. The Kier molecular flexibility index (Phi) is 3.89. The zero-order chi connectivity index (χ0) is 14.7. The summed E-state index contributed by atoms with van der Waals surface area (Å²) in [6.07, 6.45) is 0. The molecule has 8 heteroatoms. The number of hydrogen-bond donors (Lipinski definition) is 2. The zero-order valence-electron chi connectivity index (χ0n) is 11.0. The number of aromatic nitrogens is 3. The first-order valence-corrected chi connectivity index (χ1v) is 7.80. The number of benzene rings is 1. The first kappa shape index (κ1) is 13.7. The molecule has 6 nitrogen and oxygen atoms in total. The highest BCUT2D eigenvalue weighted by atomic mass is 32.1. The molecule has 0 bridgehead atoms. The van der Waals surface area contributed by atoms with Crippen molar-refractivity contribution in [2.45, 2.75) is 6.92 Å². The van der Waals surface area contributed by atoms with Gasteiger partial charge in [0.15, 0.2) is 10.8 Å². The number of nitrogens with zero attached hydrogens (tertiary/aromatic N) is 3. The molecule has 0 aliphatic rings. The molecule has 1 amide bonds. The minimum atomic E-state index is -0.264. The Bertz CT molecular complexity index is 736. The quantitative estimate of drug-likeness (QED) is 0.772. The third-order valence-corrected chi connectivity index (χ3v) is 3.99. The first-order chi connectivity index (χ1) is 10.2. The molecule has 0 aliphatic heterocycles. The summed E-state index contributed by atoms with van der Waals surface area (Å²) in [6.45, 7) is 1.95. The maximum Gasteiger partial charge on any atom is 0.277 e. The van der Waals surface area contributed by atoms with Crippen LogP contribution >= 0.6 is 22.9 Å². The van der Waals surface area contributed by atoms with Crippen LogP contribution in [-0.4, -0.2) is 20.5 Å². The first-order valence-electron chi connectivity index (χ1n) is 6.08. The van der Waals surface area contributed by atoms with Gasteiger partial charge in [0, 0.05) is 22.1 Å². The lowest BCUT2D eigenvalue weighted by Gasteiger charge is -2.05. The zero-order valence-corrected chi connectivity index (χ0v) is 12.7. The van der Waals surface area contributed by atoms with Crippen molar-refractivity contribution in [3.63, 3.8) is 0 Å². The van der Waals surface area contributed by atoms with Crippen LogP contribution in [0.4, 0.5) is 16.5 Å². The predicted molar refractivity (Wildman–Crippen MR) is 84.4 cm³/mol. The van der Waals surface area contributed by atoms with Gasteiger partial charge in [0.2, 0.25) is 0 Å². The number of thiazole rings is 1. The molecule has 2 N–H and O–H groups in total. The van der Waals surface area contributed by atoms with Crippen LogP contribution in [0.25, 0.3) is 0 Å². The van der Waals surface area contributed by atoms with Gasteiger partial charge in [-0.05, 0) is 42.7 Å². The molecule has 1 aromatic carbocycles. The van der Waals surface area contributed by atoms with Gasteiger partial charge in [-0.15, -0.1) is 16.4 Å². The van der Waals surface area contributed by atoms with Crippen molar-refractivity contribution in [3.05, 3.63) is 46.4 Å². The van der Waals surface area contributed by atoms with Crippen LogP contribution in [0, 0.1) is 6.92 Å². The average Bonchev–Trinajstić information content (AvgIpc) is 3.13. The molecule has 0 fully saturated rings. The standard InChI is InChI=1S/C13H11N5OS2/c1-8-6-20-13(14-8)16-10-4-2-9(3-5-10)15-12(19)11-7-21-18-17-11/h2-7H,1H3,(H,14,16)(H,15,19). The number of carbonyl (C=O) groups excluding carboxylic acids is 1. The second-order valence-corrected chi connectivity index (χ2v) is 5.71. The van der Waals surface area contributed by atoms with Crippen LogP contribution in [0.15, 0.2) is 35.0 Å². The third kappa shape index (κ3) is 3.41. The summed E-state index contributed by atoms with van der Waals surface area (Å²) in [5.41, 5.74) is 2.93. The van der Waals surface area contributed by atoms with E-state index in [2.05, 4.69) is 25.2 Å². The molecule has 2 heterocycles. The molecule has 106 valence electrons. The van der Waals surface area contributed by atoms with E-state index in [1.807, 2.05) is 36.6 Å². The number of amides is 1. The molecule has 0 unspecified atom stereocenters. The van der Waals surface area contributed by atoms with Gasteiger partial charge in [-0.1, -0.05) is 4.49 Å². The molecule has 0 saturated heterocycles. The van der Waals surface area contributed by atoms with Gasteiger partial charge in [-0.25, -0.2) is 4.98 Å². The Morgan fingerprint density at radius 3 is 2.52 bits per heavy atom. The van der Waals surface area contributed by atoms with Gasteiger partial charge in [-0.2, -0.15) is 0 Å². The number of anilines is 3. The molecule has 3 rings (SSSR count). The SMILES string of the molecule is Cc1csc(Nc2ccc(NC(=O)c3csnn3)cc2)n1. The summed E-state index contributed by atoms with van der Waals surface area (Å²) < 4.78 is 3.66. The number of carbonyl (C=O) groups is 1. The van der Waals surface area contributed by atoms with E-state index < -0.39 is 0 Å². The second-order valence-electron chi connectivity index (χ2n) is 4.24. The molecule has 0 radical (unpaired) electrons. The summed E-state index contributed by atoms with van der Waals surface area (Å²) in [6, 6.07) is 7.40. The highest BCUT2D eigenvalue weighted by Gasteiger charge is 2.08. The average molecular weight is 317 g/mol. The van der Waals surface area contributed by atoms with E-state index in [0.717, 1.165) is 28.0 Å². The lowest BCUT2D eigenvalue weighted by Crippen LogP contribution is -2.12. The monoisotopic (exact) mass is 317 g/mol. The normalized spacial score (nSPS) is 10.3. The summed E-state index contributed by atoms with van der Waals surface area (Å²) in [4.78, 5) is 16.2. The Hall–Kier alpha value is -2.32. The van der Waals surface area contributed by atoms with Crippen molar-refractivity contribution in [1.82, 2.24) is 14.6 Å². The van der Waals surface area contributed by atoms with Crippen molar-refractivity contribution < 1.29 is 4.79 Å². The van der Waals surface area contributed by atoms with Crippen molar-refractivity contribution in [1.29, 1.82) is 0 Å². The fourth-order valence-corrected chi connectivity index (χ4v) is 2.78. The minimum Gasteiger partial charge on any atom is -0.332 e. The van der Waals surface area contributed by atoms with E-state index in [4.69, 9.17) is 0 Å². The lowest BCUT2D eigenvalue weighted by atomic mass is 10.2. The molecular weight excluding hydrogens is 306 g/mol. The fraction of sp³-hybridized carbons (Fsp3) is 0.0769. The van der Waals surface area contributed by atoms with Crippen LogP contribution < -0.4 is 10.6 Å². The van der Waals surface area contributed by atoms with Crippen LogP contribution in [0.2, 0.25) is 0 Å². The molecule has 2 aromatic heterocycles. The van der Waals surface area contributed by atoms with E-state index >= 15 is 0 Å². The summed E-state index contributed by atoms with van der Waals surface area (Å²) in [5, 5.41) is 14.1. The van der Waals surface area contributed by atoms with Gasteiger partial charge in [0.25, 0.3) is 5.91 Å². The van der Waals surface area contributed by atoms with Crippen molar-refractivity contribution in [2.24, 2.45) is 0 Å². The number of rotatable bonds is 4. The van der Waals surface area contributed by atoms with Gasteiger partial charge in [0.05, 0.1) is 5.69 Å². The molecule has 3 aromatic rings. The number of nitrogens with one attached hydrogen (secondary N) is 2. The smallest absolute Gasteiger partial charge is 0.277 e. The van der Waals surface area contributed by atoms with E-state index in [-0.39, 0.29) is 5.91 Å². The predicted octanol–water partition coefficient (Wildman–Crippen LogP) is 3.30. The van der Waals surface area contributed by atoms with Crippen LogP contribution in [0.1, 0.15) is 16.2 Å². The molecule has 0 aliphatic carbocycles. The van der Waals surface area contributed by atoms with Crippen molar-refractivity contribution in [3.8, 4) is 0 Å². The lowest BCUT2D eigenvalue weighted by molar-refractivity contribution is 0.102. The van der Waals surface area contributed by atoms with Crippen LogP contribution in [-0.2, 0) is 0 Å². The van der Waals surface area contributed by atoms with Crippen LogP contribution in [0.5, 0.6) is 0 Å². The Balaban J connectivity index is 1.65. The largest absolute Gasteiger partial charge is 0.332 e. The second kappa shape index (κ2) is 5.98. The Morgan fingerprint density at radius 2 is 1.90 bits per heavy atom. The van der Waals surface area contributed by atoms with Gasteiger partial charge >= 0.3 is 0 Å². The fourth-order valence-electron chi connectivity index (χ4n) is 1.63. The van der Waals surface area contributed by atoms with Crippen molar-refractivity contribution in [2.75, 3.05) is 10.6 Å². The van der Waals surface area contributed by atoms with Gasteiger partial charge in [-0.3, -0.25) is 4.79 Å². The maximum atomic E-state index is 11.8. The van der Waals surface area contributed by atoms with E-state index in [1.165, 1.54) is 0 Å². The highest BCUT2D eigenvalue weighted by Crippen LogP contribution is 2.22. The molecule has 0 atom stereocenters. The van der Waals surface area contributed by atoms with Gasteiger partial charge in [0.1, 0.15) is 0 Å². The Labute approximate surface area is 129 Å². The Morgan fingerprint density at radius 1 is 1.14 bits per heavy atom. The summed E-state index contributed by atoms with van der Waals surface area (Å²) >= 11 is 2.70. The van der Waals surface area contributed by atoms with E-state index in [0.29, 0.717) is 11.4 Å². The van der Waals surface area contributed by atoms with E-state index in [1.54, 1.807) is 16.7 Å². The third-order valence-electron chi connectivity index (χ3n) is 2.61. The topological polar surface area (TPSA) is 79.8 Å². The highest BCUT2D eigenvalue weighted by molar-refractivity contribution is 7.13. The minimum absolute atomic E-state index is 0.264. The molecule has 21 heavy (non-hydrogen) atoms. The summed E-state index contributed by atoms with van der Waals surface area (Å²) in [5.74, 6) is -0.264. The van der Waals surface area contributed by atoms with Crippen LogP contribution in [0.3, 0.4) is 0 Å². The number of aryl methyl sites for hydroxylation is 1. The van der Waals surface area contributed by atoms with Crippen molar-refractivity contribution >= 4 is 45.3 Å². The molecule has 0 saturated carbocycles. The molecular formula is C13H11N5OS2. The summed E-state index contributed by atoms with van der Waals surface area (Å²) in [7, 11) is 0. The van der Waals surface area contributed by atoms with E-state index in [9.17, 15) is 4.79 Å². The molecule has 0 spiro atoms. The number of hydrogen-bond acceptors (Lipinski definition) is 7.